The number of aromatic nitrogens is 4. The van der Waals surface area contributed by atoms with E-state index in [1.54, 1.807) is 6.07 Å². The molecular weight excluding hydrogens is 523 g/mol. The number of anilines is 2. The molecule has 1 aliphatic heterocycles. The van der Waals surface area contributed by atoms with E-state index in [1.807, 2.05) is 0 Å². The van der Waals surface area contributed by atoms with Gasteiger partial charge in [0.05, 0.1) is 36.0 Å². The molecule has 2 aliphatic rings. The summed E-state index contributed by atoms with van der Waals surface area (Å²) in [5, 5.41) is 12.7. The molecule has 0 bridgehead atoms. The average Bonchev–Trinajstić information content (AvgIpc) is 3.19. The summed E-state index contributed by atoms with van der Waals surface area (Å²) in [7, 11) is 0. The largest absolute Gasteiger partial charge is 0.467 e. The molecule has 1 unspecified atom stereocenters. The first-order valence-corrected chi connectivity index (χ1v) is 12.2. The lowest BCUT2D eigenvalue weighted by Gasteiger charge is -2.32. The number of nitrogens with two attached hydrogens (primary N) is 1. The number of thioether (sulfide) groups is 1. The number of aliphatic hydroxyl groups excluding tert-OH is 1. The number of halogens is 3. The van der Waals surface area contributed by atoms with Gasteiger partial charge in [-0.25, -0.2) is 33.1 Å². The van der Waals surface area contributed by atoms with Gasteiger partial charge in [-0.3, -0.25) is 4.99 Å². The summed E-state index contributed by atoms with van der Waals surface area (Å²) in [6.45, 7) is 0.659. The fourth-order valence-corrected chi connectivity index (χ4v) is 6.36. The number of nitrogens with one attached hydrogen (secondary N) is 1. The number of aliphatic imine (C=N–C) groups is 1. The lowest BCUT2D eigenvalue weighted by Crippen LogP contribution is -2.37. The molecule has 10 nitrogen and oxygen atoms in total. The zero-order chi connectivity index (χ0) is 26.7. The van der Waals surface area contributed by atoms with Crippen molar-refractivity contribution in [2.45, 2.75) is 29.7 Å². The fourth-order valence-electron chi connectivity index (χ4n) is 4.99. The predicted octanol–water partition coefficient (Wildman–Crippen LogP) is 3.75. The summed E-state index contributed by atoms with van der Waals surface area (Å²) in [6.07, 6.45) is 5.86. The van der Waals surface area contributed by atoms with Crippen LogP contribution in [0, 0.1) is 11.7 Å². The molecule has 196 valence electrons. The van der Waals surface area contributed by atoms with Crippen molar-refractivity contribution in [2.24, 2.45) is 16.6 Å². The summed E-state index contributed by atoms with van der Waals surface area (Å²) < 4.78 is 53.8. The maximum absolute atomic E-state index is 15.1. The van der Waals surface area contributed by atoms with Crippen LogP contribution in [-0.4, -0.2) is 47.5 Å². The fraction of sp³-hybridized carbons (Fsp3) is 0.292. The summed E-state index contributed by atoms with van der Waals surface area (Å²) >= 11 is 0.630. The number of hydrogen-bond acceptors (Lipinski definition) is 11. The number of oxazole rings is 1. The molecule has 14 heteroatoms. The van der Waals surface area contributed by atoms with Crippen molar-refractivity contribution in [2.75, 3.05) is 11.9 Å². The van der Waals surface area contributed by atoms with E-state index in [4.69, 9.17) is 14.9 Å². The third-order valence-electron chi connectivity index (χ3n) is 6.77. The van der Waals surface area contributed by atoms with E-state index in [-0.39, 0.29) is 23.2 Å². The Morgan fingerprint density at radius 2 is 2.05 bits per heavy atom. The van der Waals surface area contributed by atoms with Crippen molar-refractivity contribution in [3.63, 3.8) is 0 Å². The quantitative estimate of drug-likeness (QED) is 0.315. The lowest BCUT2D eigenvalue weighted by atomic mass is 9.85. The van der Waals surface area contributed by atoms with Crippen LogP contribution in [0.1, 0.15) is 18.4 Å². The van der Waals surface area contributed by atoms with Gasteiger partial charge in [-0.1, -0.05) is 11.8 Å². The molecule has 38 heavy (non-hydrogen) atoms. The van der Waals surface area contributed by atoms with Crippen LogP contribution in [0.2, 0.25) is 0 Å². The Labute approximate surface area is 217 Å². The summed E-state index contributed by atoms with van der Waals surface area (Å²) in [5.74, 6) is -4.52. The Kier molecular flexibility index (Phi) is 5.50. The van der Waals surface area contributed by atoms with Crippen LogP contribution >= 0.6 is 11.8 Å². The third kappa shape index (κ3) is 3.66. The SMILES string of the molecule is C[C@]1(c2cc(Nc3nccc4nc(OCc5ncco5)cnc34)ccc2F)N=C(N)S[C@]2(CO)C1C2(F)F. The van der Waals surface area contributed by atoms with Gasteiger partial charge in [0.1, 0.15) is 22.3 Å². The summed E-state index contributed by atoms with van der Waals surface area (Å²) in [4.78, 5) is 21.3. The van der Waals surface area contributed by atoms with Crippen LogP contribution in [-0.2, 0) is 12.1 Å². The zero-order valence-corrected chi connectivity index (χ0v) is 20.5. The van der Waals surface area contributed by atoms with E-state index in [9.17, 15) is 13.9 Å². The number of benzene rings is 1. The van der Waals surface area contributed by atoms with E-state index in [2.05, 4.69) is 30.2 Å². The highest BCUT2D eigenvalue weighted by atomic mass is 32.2. The molecule has 4 N–H and O–H groups in total. The molecule has 4 heterocycles. The maximum atomic E-state index is 15.1. The highest BCUT2D eigenvalue weighted by molar-refractivity contribution is 8.15. The number of aliphatic hydroxyl groups is 1. The molecule has 0 radical (unpaired) electrons. The van der Waals surface area contributed by atoms with Gasteiger partial charge >= 0.3 is 0 Å². The molecule has 1 saturated carbocycles. The first-order chi connectivity index (χ1) is 18.2. The summed E-state index contributed by atoms with van der Waals surface area (Å²) in [5.41, 5.74) is 5.31. The van der Waals surface area contributed by atoms with Gasteiger partial charge in [0, 0.05) is 17.4 Å². The number of alkyl halides is 2. The molecule has 6 rings (SSSR count). The third-order valence-corrected chi connectivity index (χ3v) is 8.08. The van der Waals surface area contributed by atoms with Crippen LogP contribution in [0.15, 0.2) is 58.5 Å². The Balaban J connectivity index is 1.31. The molecular formula is C24H20F3N7O3S. The maximum Gasteiger partial charge on any atom is 0.272 e. The minimum atomic E-state index is -3.29. The Morgan fingerprint density at radius 1 is 1.21 bits per heavy atom. The van der Waals surface area contributed by atoms with Crippen molar-refractivity contribution < 1.29 is 27.4 Å². The van der Waals surface area contributed by atoms with Crippen LogP contribution in [0.25, 0.3) is 11.0 Å². The van der Waals surface area contributed by atoms with Gasteiger partial charge in [0.25, 0.3) is 5.92 Å². The van der Waals surface area contributed by atoms with Gasteiger partial charge in [-0.15, -0.1) is 0 Å². The van der Waals surface area contributed by atoms with Crippen molar-refractivity contribution in [1.29, 1.82) is 0 Å². The molecule has 3 atom stereocenters. The minimum Gasteiger partial charge on any atom is -0.467 e. The average molecular weight is 544 g/mol. The van der Waals surface area contributed by atoms with Gasteiger partial charge in [-0.2, -0.15) is 0 Å². The standard InChI is InChI=1S/C24H20F3N7O3S/c1-22(20-23(11-35,24(20,26)27)38-21(28)34-22)13-8-12(2-3-14(13)25)32-19-18-15(4-5-30-19)33-16(9-31-18)37-10-17-29-6-7-36-17/h2-9,20,35H,10-11H2,1H3,(H2,28,34)(H,30,32)/t20?,22-,23-/m1/s1. The number of pyridine rings is 1. The molecule has 0 saturated heterocycles. The van der Waals surface area contributed by atoms with E-state index in [0.717, 1.165) is 6.07 Å². The molecule has 1 aliphatic carbocycles. The minimum absolute atomic E-state index is 0.0730. The molecule has 0 amide bonds. The smallest absolute Gasteiger partial charge is 0.272 e. The molecule has 1 fully saturated rings. The lowest BCUT2D eigenvalue weighted by molar-refractivity contribution is 0.0685. The van der Waals surface area contributed by atoms with E-state index in [1.165, 1.54) is 43.9 Å². The van der Waals surface area contributed by atoms with Crippen molar-refractivity contribution in [1.82, 2.24) is 19.9 Å². The highest BCUT2D eigenvalue weighted by Gasteiger charge is 2.87. The van der Waals surface area contributed by atoms with E-state index < -0.39 is 34.6 Å². The predicted molar refractivity (Wildman–Crippen MR) is 133 cm³/mol. The number of ether oxygens (including phenoxy) is 1. The number of fused-ring (bicyclic) bond motifs is 2. The Morgan fingerprint density at radius 3 is 2.82 bits per heavy atom. The van der Waals surface area contributed by atoms with E-state index >= 15 is 4.39 Å². The Bertz CT molecular complexity index is 1570. The van der Waals surface area contributed by atoms with E-state index in [0.29, 0.717) is 40.2 Å². The van der Waals surface area contributed by atoms with Crippen molar-refractivity contribution >= 4 is 39.5 Å². The van der Waals surface area contributed by atoms with Crippen LogP contribution < -0.4 is 15.8 Å². The zero-order valence-electron chi connectivity index (χ0n) is 19.7. The molecule has 0 spiro atoms. The number of hydrogen-bond donors (Lipinski definition) is 3. The molecule has 1 aromatic carbocycles. The molecule has 3 aromatic heterocycles. The van der Waals surface area contributed by atoms with Crippen LogP contribution in [0.4, 0.5) is 24.7 Å². The Hall–Kier alpha value is -3.91. The van der Waals surface area contributed by atoms with Crippen LogP contribution in [0.5, 0.6) is 5.88 Å². The first-order valence-electron chi connectivity index (χ1n) is 11.4. The van der Waals surface area contributed by atoms with Gasteiger partial charge < -0.3 is 25.3 Å². The second kappa shape index (κ2) is 8.56. The van der Waals surface area contributed by atoms with Crippen molar-refractivity contribution in [3.8, 4) is 5.88 Å². The van der Waals surface area contributed by atoms with Crippen molar-refractivity contribution in [3.05, 3.63) is 66.4 Å². The normalized spacial score (nSPS) is 25.5. The number of rotatable bonds is 7. The highest BCUT2D eigenvalue weighted by Crippen LogP contribution is 2.74. The monoisotopic (exact) mass is 543 g/mol. The molecule has 4 aromatic rings. The summed E-state index contributed by atoms with van der Waals surface area (Å²) in [6, 6.07) is 5.63. The second-order valence-corrected chi connectivity index (χ2v) is 10.4. The van der Waals surface area contributed by atoms with Gasteiger partial charge in [0.15, 0.2) is 17.6 Å². The van der Waals surface area contributed by atoms with Crippen LogP contribution in [0.3, 0.4) is 0 Å². The topological polar surface area (TPSA) is 145 Å². The van der Waals surface area contributed by atoms with Gasteiger partial charge in [0.2, 0.25) is 11.8 Å². The second-order valence-electron chi connectivity index (χ2n) is 9.07. The van der Waals surface area contributed by atoms with Gasteiger partial charge in [-0.05, 0) is 31.2 Å². The number of nitrogens with zero attached hydrogens (tertiary/aromatic N) is 5. The first kappa shape index (κ1) is 24.4. The number of amidine groups is 1.